The summed E-state index contributed by atoms with van der Waals surface area (Å²) in [5.41, 5.74) is 4.13. The van der Waals surface area contributed by atoms with Gasteiger partial charge in [-0.1, -0.05) is 52.0 Å². The molecule has 1 unspecified atom stereocenters. The van der Waals surface area contributed by atoms with Crippen molar-refractivity contribution >= 4 is 11.0 Å². The molecule has 3 heterocycles. The van der Waals surface area contributed by atoms with Crippen molar-refractivity contribution in [2.24, 2.45) is 12.8 Å². The van der Waals surface area contributed by atoms with Crippen molar-refractivity contribution < 1.29 is 23.3 Å². The number of nitrogens with zero attached hydrogens (tertiary/aromatic N) is 3. The molecule has 5 aromatic rings. The number of ether oxygens (including phenoxy) is 4. The lowest BCUT2D eigenvalue weighted by Crippen LogP contribution is -2.42. The molecule has 0 bridgehead atoms. The average molecular weight is 745 g/mol. The van der Waals surface area contributed by atoms with E-state index in [4.69, 9.17) is 18.9 Å². The quantitative estimate of drug-likeness (QED) is 0.170. The lowest BCUT2D eigenvalue weighted by Gasteiger charge is -2.20. The number of benzene rings is 3. The molecular formula is C42H53FN4O7. The molecule has 0 radical (unpaired) electrons. The van der Waals surface area contributed by atoms with Crippen LogP contribution in [0.2, 0.25) is 0 Å². The number of pyridine rings is 1. The van der Waals surface area contributed by atoms with Gasteiger partial charge < -0.3 is 24.7 Å². The van der Waals surface area contributed by atoms with Crippen LogP contribution in [0.4, 0.5) is 4.39 Å². The van der Waals surface area contributed by atoms with Gasteiger partial charge in [-0.05, 0) is 75.3 Å². The predicted molar refractivity (Wildman–Crippen MR) is 214 cm³/mol. The average Bonchev–Trinajstić information content (AvgIpc) is 3.70. The van der Waals surface area contributed by atoms with Crippen LogP contribution in [0.1, 0.15) is 57.7 Å². The van der Waals surface area contributed by atoms with Crippen molar-refractivity contribution in [1.29, 1.82) is 0 Å². The zero-order chi connectivity index (χ0) is 40.5. The highest BCUT2D eigenvalue weighted by atomic mass is 19.1. The van der Waals surface area contributed by atoms with E-state index < -0.39 is 22.6 Å². The molecule has 6 rings (SSSR count). The van der Waals surface area contributed by atoms with Crippen molar-refractivity contribution in [3.05, 3.63) is 120 Å². The monoisotopic (exact) mass is 744 g/mol. The van der Waals surface area contributed by atoms with E-state index in [2.05, 4.69) is 18.1 Å². The fourth-order valence-corrected chi connectivity index (χ4v) is 5.44. The molecule has 1 aliphatic heterocycles. The molecule has 0 saturated carbocycles. The van der Waals surface area contributed by atoms with Gasteiger partial charge in [-0.3, -0.25) is 18.7 Å². The first-order valence-electron chi connectivity index (χ1n) is 17.8. The Morgan fingerprint density at radius 1 is 0.944 bits per heavy atom. The van der Waals surface area contributed by atoms with Gasteiger partial charge in [0.05, 0.1) is 32.6 Å². The van der Waals surface area contributed by atoms with Gasteiger partial charge in [-0.25, -0.2) is 13.8 Å². The van der Waals surface area contributed by atoms with E-state index in [0.29, 0.717) is 47.2 Å². The number of rotatable bonds is 8. The first kappa shape index (κ1) is 44.5. The molecule has 290 valence electrons. The summed E-state index contributed by atoms with van der Waals surface area (Å²) in [4.78, 5) is 41.7. The molecule has 1 fully saturated rings. The number of methoxy groups -OCH3 is 1. The van der Waals surface area contributed by atoms with Crippen LogP contribution in [0.25, 0.3) is 16.7 Å². The van der Waals surface area contributed by atoms with Crippen LogP contribution in [0.5, 0.6) is 23.0 Å². The second-order valence-electron chi connectivity index (χ2n) is 11.3. The Labute approximate surface area is 316 Å². The van der Waals surface area contributed by atoms with Crippen molar-refractivity contribution in [2.45, 2.75) is 67.5 Å². The highest BCUT2D eigenvalue weighted by molar-refractivity contribution is 5.83. The summed E-state index contributed by atoms with van der Waals surface area (Å²) in [7, 11) is 4.46. The zero-order valence-electron chi connectivity index (χ0n) is 33.0. The lowest BCUT2D eigenvalue weighted by atomic mass is 10.2. The van der Waals surface area contributed by atoms with E-state index in [-0.39, 0.29) is 35.1 Å². The summed E-state index contributed by atoms with van der Waals surface area (Å²) in [6.07, 6.45) is 5.25. The van der Waals surface area contributed by atoms with Crippen LogP contribution in [0, 0.1) is 32.0 Å². The molecule has 0 amide bonds. The molecule has 2 aromatic heterocycles. The Hall–Kier alpha value is -5.64. The van der Waals surface area contributed by atoms with Crippen molar-refractivity contribution in [3.8, 4) is 41.0 Å². The number of halogens is 1. The molecule has 0 aliphatic carbocycles. The summed E-state index contributed by atoms with van der Waals surface area (Å²) in [5.74, 6) is 3.01. The molecule has 0 spiro atoms. The SMILES string of the molecule is C#CC.CC.CC.CN.COc1ccc(Cn2c(=O)c3c(Oc4cccc(OC5CCOC5)c4C)cc(=O)n(C)c3n(-c3ccc(C)cc3F)c2=O)cc1. The number of hydrogen-bond donors (Lipinski definition) is 1. The molecule has 3 aromatic carbocycles. The highest BCUT2D eigenvalue weighted by Gasteiger charge is 2.25. The number of terminal acetylenes is 1. The molecule has 2 N–H and O–H groups in total. The number of nitrogens with two attached hydrogens (primary N) is 1. The van der Waals surface area contributed by atoms with Gasteiger partial charge in [-0.15, -0.1) is 12.3 Å². The van der Waals surface area contributed by atoms with E-state index >= 15 is 4.39 Å². The zero-order valence-corrected chi connectivity index (χ0v) is 33.0. The summed E-state index contributed by atoms with van der Waals surface area (Å²) in [5, 5.41) is -0.0694. The summed E-state index contributed by atoms with van der Waals surface area (Å²) >= 11 is 0. The predicted octanol–water partition coefficient (Wildman–Crippen LogP) is 6.89. The van der Waals surface area contributed by atoms with Gasteiger partial charge in [-0.2, -0.15) is 0 Å². The Morgan fingerprint density at radius 2 is 1.57 bits per heavy atom. The molecule has 11 nitrogen and oxygen atoms in total. The van der Waals surface area contributed by atoms with Crippen LogP contribution in [0.15, 0.2) is 81.1 Å². The molecule has 1 aliphatic rings. The maximum atomic E-state index is 15.5. The minimum absolute atomic E-state index is 0.0694. The van der Waals surface area contributed by atoms with Gasteiger partial charge >= 0.3 is 5.69 Å². The Kier molecular flexibility index (Phi) is 18.0. The minimum Gasteiger partial charge on any atom is -0.497 e. The lowest BCUT2D eigenvalue weighted by molar-refractivity contribution is 0.140. The maximum Gasteiger partial charge on any atom is 0.337 e. The summed E-state index contributed by atoms with van der Waals surface area (Å²) in [6, 6.07) is 17.7. The van der Waals surface area contributed by atoms with Gasteiger partial charge in [0.2, 0.25) is 0 Å². The minimum atomic E-state index is -0.816. The number of aromatic nitrogens is 3. The molecule has 12 heteroatoms. The van der Waals surface area contributed by atoms with Gasteiger partial charge in [0.25, 0.3) is 11.1 Å². The van der Waals surface area contributed by atoms with Gasteiger partial charge in [0.1, 0.15) is 46.0 Å². The van der Waals surface area contributed by atoms with Crippen LogP contribution in [0.3, 0.4) is 0 Å². The van der Waals surface area contributed by atoms with Gasteiger partial charge in [0, 0.05) is 25.1 Å². The standard InChI is InChI=1S/C34H32FN3O7.C3H4.2C2H6.CH5N/c1-20-8-13-26(25(35)16-20)38-32-31(33(40)37(34(38)41)18-22-9-11-23(42-4)12-10-22)29(17-30(39)36(32)3)45-28-7-5-6-27(21(28)2)44-24-14-15-43-19-24;1-3-2;3*1-2/h5-13,16-17,24H,14-15,18-19H2,1-4H3;1H,2H3;2*1-2H3;2H2,1H3. The normalized spacial score (nSPS) is 12.6. The fraction of sp³-hybridized carbons (Fsp3) is 0.357. The third-order valence-corrected chi connectivity index (χ3v) is 7.95. The topological polar surface area (TPSA) is 129 Å². The van der Waals surface area contributed by atoms with Gasteiger partial charge in [0.15, 0.2) is 0 Å². The van der Waals surface area contributed by atoms with Crippen molar-refractivity contribution in [1.82, 2.24) is 13.7 Å². The Balaban J connectivity index is 0.00000104. The fourth-order valence-electron chi connectivity index (χ4n) is 5.44. The third-order valence-electron chi connectivity index (χ3n) is 7.95. The first-order chi connectivity index (χ1) is 26.1. The van der Waals surface area contributed by atoms with Crippen LogP contribution in [-0.4, -0.2) is 47.2 Å². The van der Waals surface area contributed by atoms with E-state index in [9.17, 15) is 14.4 Å². The number of hydrogen-bond acceptors (Lipinski definition) is 8. The van der Waals surface area contributed by atoms with Crippen LogP contribution >= 0.6 is 0 Å². The van der Waals surface area contributed by atoms with Crippen molar-refractivity contribution in [3.63, 3.8) is 0 Å². The van der Waals surface area contributed by atoms with E-state index in [0.717, 1.165) is 20.1 Å². The van der Waals surface area contributed by atoms with E-state index in [1.807, 2.05) is 40.7 Å². The smallest absolute Gasteiger partial charge is 0.337 e. The van der Waals surface area contributed by atoms with E-state index in [1.54, 1.807) is 56.3 Å². The first-order valence-corrected chi connectivity index (χ1v) is 17.8. The second-order valence-corrected chi connectivity index (χ2v) is 11.3. The summed E-state index contributed by atoms with van der Waals surface area (Å²) < 4.78 is 41.8. The Morgan fingerprint density at radius 3 is 2.15 bits per heavy atom. The van der Waals surface area contributed by atoms with Crippen LogP contribution < -0.4 is 36.8 Å². The number of aryl methyl sites for hydroxylation is 2. The second kappa shape index (κ2) is 21.8. The van der Waals surface area contributed by atoms with E-state index in [1.165, 1.54) is 39.4 Å². The van der Waals surface area contributed by atoms with Crippen LogP contribution in [-0.2, 0) is 18.3 Å². The largest absolute Gasteiger partial charge is 0.497 e. The molecule has 1 atom stereocenters. The third kappa shape index (κ3) is 10.3. The maximum absolute atomic E-state index is 15.5. The Bertz CT molecular complexity index is 2190. The molecule has 54 heavy (non-hydrogen) atoms. The highest BCUT2D eigenvalue weighted by Crippen LogP contribution is 2.34. The molecular weight excluding hydrogens is 691 g/mol. The molecule has 1 saturated heterocycles. The summed E-state index contributed by atoms with van der Waals surface area (Å²) in [6.45, 7) is 14.2. The van der Waals surface area contributed by atoms with Crippen molar-refractivity contribution in [2.75, 3.05) is 27.4 Å². The number of fused-ring (bicyclic) bond motifs is 1.